The lowest BCUT2D eigenvalue weighted by Crippen LogP contribution is -2.62. The van der Waals surface area contributed by atoms with E-state index in [1.165, 1.54) is 0 Å². The fraction of sp³-hybridized carbons (Fsp3) is 1.00. The van der Waals surface area contributed by atoms with Crippen molar-refractivity contribution in [3.8, 4) is 0 Å². The third-order valence-corrected chi connectivity index (χ3v) is 54.2. The molecule has 15 heteroatoms. The zero-order chi connectivity index (χ0) is 46.5. The smallest absolute Gasteiger partial charge is 0.178 e. The van der Waals surface area contributed by atoms with E-state index in [2.05, 4.69) is 240 Å². The van der Waals surface area contributed by atoms with Crippen molar-refractivity contribution < 1.29 is 20.6 Å². The summed E-state index contributed by atoms with van der Waals surface area (Å²) in [6.07, 6.45) is 0. The molecule has 0 aliphatic carbocycles. The SMILES string of the molecule is C.C.C.C.C.C.C.C.CC(C)(C)[Si](C)(C)O[Si](C)(C)C.CC(C)(C)[Si](C)(C)O[Si](C)(C)C(C)(C)C.CC(C)([Si](C)(C)O[Si](C)(C)C)[Si](C)(C)O[Si](C)(C)C.C[Si](C)(C)O[Si](C)(C)C. The summed E-state index contributed by atoms with van der Waals surface area (Å²) in [5.41, 5.74) is 0. The molecule has 0 unspecified atom stereocenters. The van der Waals surface area contributed by atoms with Crippen LogP contribution in [0.4, 0.5) is 0 Å². The molecular weight excluding hydrogens is 937 g/mol. The summed E-state index contributed by atoms with van der Waals surface area (Å²) in [5, 5.41) is 0.998. The maximum atomic E-state index is 6.64. The number of hydrogen-bond acceptors (Lipinski definition) is 5. The topological polar surface area (TPSA) is 46.2 Å². The van der Waals surface area contributed by atoms with Crippen molar-refractivity contribution >= 4 is 83.2 Å². The van der Waals surface area contributed by atoms with Gasteiger partial charge in [0.15, 0.2) is 83.2 Å². The standard InChI is InChI=1S/C13H36O2Si4.C12H30OSi2.C9H24OSi2.C6H18OSi2.8CH4/c1-13(2,18(9,10)14-16(3,4)5)19(11,12)15-17(6,7)8;1-11(2,3)14(7,8)13-15(9,10)12(4,5)6;1-9(2,3)12(7,8)10-11(4,5)6;1-8(2,3)7-9(4,5)6;;;;;;;;/h1-12H3;1-10H3;1-8H3;1-6H3;8*1H4. The second kappa shape index (κ2) is 30.7. The summed E-state index contributed by atoms with van der Waals surface area (Å²) < 4.78 is 32.3. The van der Waals surface area contributed by atoms with E-state index in [4.69, 9.17) is 20.6 Å². The van der Waals surface area contributed by atoms with Gasteiger partial charge in [0.2, 0.25) is 0 Å². The van der Waals surface area contributed by atoms with Gasteiger partial charge in [-0.05, 0) is 179 Å². The minimum absolute atomic E-state index is 0. The monoisotopic (exact) mass is 1080 g/mol. The summed E-state index contributed by atoms with van der Waals surface area (Å²) in [7, 11) is -15.0. The maximum absolute atomic E-state index is 6.64. The molecule has 5 nitrogen and oxygen atoms in total. The van der Waals surface area contributed by atoms with E-state index in [1.54, 1.807) is 0 Å². The molecule has 0 aromatic heterocycles. The second-order valence-electron chi connectivity index (χ2n) is 27.0. The van der Waals surface area contributed by atoms with E-state index in [-0.39, 0.29) is 64.1 Å². The highest BCUT2D eigenvalue weighted by Gasteiger charge is 2.55. The molecule has 0 bridgehead atoms. The van der Waals surface area contributed by atoms with E-state index < -0.39 is 83.2 Å². The van der Waals surface area contributed by atoms with Crippen LogP contribution < -0.4 is 0 Å². The first-order chi connectivity index (χ1) is 22.8. The Bertz CT molecular complexity index is 1050. The highest BCUT2D eigenvalue weighted by molar-refractivity contribution is 7.00. The highest BCUT2D eigenvalue weighted by atomic mass is 28.5. The quantitative estimate of drug-likeness (QED) is 0.182. The molecule has 0 aromatic rings. The molecule has 0 spiro atoms. The van der Waals surface area contributed by atoms with Crippen molar-refractivity contribution in [3.63, 3.8) is 0 Å². The molecule has 0 saturated carbocycles. The van der Waals surface area contributed by atoms with Crippen LogP contribution in [-0.2, 0) is 20.6 Å². The molecular formula is C48H140O5Si10. The van der Waals surface area contributed by atoms with Gasteiger partial charge >= 0.3 is 0 Å². The first-order valence-electron chi connectivity index (χ1n) is 21.3. The molecule has 402 valence electrons. The number of rotatable bonds is 12. The normalized spacial score (nSPS) is 13.3. The van der Waals surface area contributed by atoms with Crippen LogP contribution in [0.25, 0.3) is 0 Å². The van der Waals surface area contributed by atoms with E-state index >= 15 is 0 Å². The molecule has 0 N–H and O–H groups in total. The molecule has 0 aliphatic rings. The van der Waals surface area contributed by atoms with Crippen LogP contribution in [0.2, 0.25) is 183 Å². The largest absolute Gasteiger partial charge is 0.456 e. The van der Waals surface area contributed by atoms with Crippen molar-refractivity contribution in [1.82, 2.24) is 0 Å². The molecule has 0 amide bonds. The van der Waals surface area contributed by atoms with E-state index in [1.807, 2.05) is 0 Å². The maximum Gasteiger partial charge on any atom is 0.178 e. The third kappa shape index (κ3) is 41.5. The van der Waals surface area contributed by atoms with Crippen molar-refractivity contribution in [2.24, 2.45) is 0 Å². The first kappa shape index (κ1) is 94.8. The highest BCUT2D eigenvalue weighted by Crippen LogP contribution is 2.49. The summed E-state index contributed by atoms with van der Waals surface area (Å²) in [4.78, 5) is 0. The van der Waals surface area contributed by atoms with E-state index in [0.29, 0.717) is 15.1 Å². The van der Waals surface area contributed by atoms with Crippen LogP contribution in [0.1, 0.15) is 136 Å². The Morgan fingerprint density at radius 1 is 0.190 bits per heavy atom. The fourth-order valence-electron chi connectivity index (χ4n) is 5.29. The summed E-state index contributed by atoms with van der Waals surface area (Å²) in [6, 6.07) is 0. The van der Waals surface area contributed by atoms with Crippen LogP contribution in [0.15, 0.2) is 0 Å². The van der Waals surface area contributed by atoms with Crippen LogP contribution in [0.5, 0.6) is 0 Å². The van der Waals surface area contributed by atoms with Crippen LogP contribution in [-0.4, -0.2) is 83.2 Å². The van der Waals surface area contributed by atoms with Gasteiger partial charge in [0.05, 0.1) is 0 Å². The first-order valence-corrected chi connectivity index (χ1v) is 52.9. The Kier molecular flexibility index (Phi) is 46.1. The van der Waals surface area contributed by atoms with Gasteiger partial charge in [-0.15, -0.1) is 0 Å². The van der Waals surface area contributed by atoms with Gasteiger partial charge in [-0.2, -0.15) is 0 Å². The molecule has 0 radical (unpaired) electrons. The predicted molar refractivity (Wildman–Crippen MR) is 337 cm³/mol. The lowest BCUT2D eigenvalue weighted by Gasteiger charge is -2.52. The molecule has 0 saturated heterocycles. The van der Waals surface area contributed by atoms with Crippen molar-refractivity contribution in [1.29, 1.82) is 0 Å². The molecule has 0 aliphatic heterocycles. The second-order valence-corrected chi connectivity index (χ2v) is 74.8. The van der Waals surface area contributed by atoms with Gasteiger partial charge in [-0.25, -0.2) is 0 Å². The average molecular weight is 1080 g/mol. The molecule has 0 rings (SSSR count). The molecule has 0 heterocycles. The zero-order valence-electron chi connectivity index (χ0n) is 45.0. The van der Waals surface area contributed by atoms with Crippen molar-refractivity contribution in [2.45, 2.75) is 319 Å². The Hall–Kier alpha value is 1.97. The zero-order valence-corrected chi connectivity index (χ0v) is 55.0. The lowest BCUT2D eigenvalue weighted by molar-refractivity contribution is 0.449. The summed E-state index contributed by atoms with van der Waals surface area (Å²) in [6.45, 7) is 83.2. The average Bonchev–Trinajstić information content (AvgIpc) is 2.69. The Morgan fingerprint density at radius 3 is 0.413 bits per heavy atom. The third-order valence-electron chi connectivity index (χ3n) is 11.2. The van der Waals surface area contributed by atoms with E-state index in [9.17, 15) is 0 Å². The van der Waals surface area contributed by atoms with Crippen LogP contribution >= 0.6 is 0 Å². The van der Waals surface area contributed by atoms with Crippen molar-refractivity contribution in [3.05, 3.63) is 0 Å². The van der Waals surface area contributed by atoms with Gasteiger partial charge in [0, 0.05) is 4.66 Å². The Labute approximate surface area is 420 Å². The van der Waals surface area contributed by atoms with Gasteiger partial charge in [-0.3, -0.25) is 0 Å². The summed E-state index contributed by atoms with van der Waals surface area (Å²) in [5.74, 6) is 0. The summed E-state index contributed by atoms with van der Waals surface area (Å²) >= 11 is 0. The van der Waals surface area contributed by atoms with Crippen LogP contribution in [0, 0.1) is 0 Å². The number of hydrogen-bond donors (Lipinski definition) is 0. The molecule has 63 heavy (non-hydrogen) atoms. The van der Waals surface area contributed by atoms with Gasteiger partial charge < -0.3 is 20.6 Å². The minimum atomic E-state index is -1.78. The fourth-order valence-corrected chi connectivity index (χ4v) is 48.5. The van der Waals surface area contributed by atoms with Crippen molar-refractivity contribution in [2.75, 3.05) is 0 Å². The molecule has 0 atom stereocenters. The molecule has 0 fully saturated rings. The minimum Gasteiger partial charge on any atom is -0.456 e. The van der Waals surface area contributed by atoms with Gasteiger partial charge in [0.25, 0.3) is 0 Å². The van der Waals surface area contributed by atoms with Crippen LogP contribution in [0.3, 0.4) is 0 Å². The van der Waals surface area contributed by atoms with Gasteiger partial charge in [0.1, 0.15) is 0 Å². The van der Waals surface area contributed by atoms with E-state index in [0.717, 1.165) is 0 Å². The Balaban J connectivity index is -0.0000000543. The lowest BCUT2D eigenvalue weighted by atomic mass is 10.2. The predicted octanol–water partition coefficient (Wildman–Crippen LogP) is 22.0. The van der Waals surface area contributed by atoms with Gasteiger partial charge in [-0.1, -0.05) is 136 Å². The molecule has 0 aromatic carbocycles. The Morgan fingerprint density at radius 2 is 0.317 bits per heavy atom.